The van der Waals surface area contributed by atoms with Gasteiger partial charge >= 0.3 is 6.18 Å². The molecular weight excluding hydrogens is 453 g/mol. The van der Waals surface area contributed by atoms with Crippen LogP contribution in [0.25, 0.3) is 0 Å². The van der Waals surface area contributed by atoms with Gasteiger partial charge < -0.3 is 5.32 Å². The maximum Gasteiger partial charge on any atom is 0.393 e. The number of hydrogen-bond donors (Lipinski definition) is 2. The summed E-state index contributed by atoms with van der Waals surface area (Å²) in [5, 5.41) is 7.88. The van der Waals surface area contributed by atoms with Crippen LogP contribution in [-0.4, -0.2) is 35.4 Å². The maximum atomic E-state index is 13.9. The number of nitrogens with one attached hydrogen (secondary N) is 2. The molecule has 0 aromatic heterocycles. The smallest absolute Gasteiger partial charge is 0.313 e. The molecule has 2 N–H and O–H groups in total. The van der Waals surface area contributed by atoms with Gasteiger partial charge in [-0.05, 0) is 51.4 Å². The first kappa shape index (κ1) is 26.2. The molecule has 4 rings (SSSR count). The zero-order valence-electron chi connectivity index (χ0n) is 20.6. The second-order valence-electron chi connectivity index (χ2n) is 10.8. The third-order valence-electron chi connectivity index (χ3n) is 8.21. The SMILES string of the molecule is CCCCCC1CCC(C#CC2CCC(C#CC3NC4CCCCC4S3)CC2C(F)(F)F)CN1. The molecule has 0 aromatic rings. The summed E-state index contributed by atoms with van der Waals surface area (Å²) in [6, 6.07) is 1.09. The van der Waals surface area contributed by atoms with Crippen LogP contribution in [0.4, 0.5) is 13.2 Å². The second kappa shape index (κ2) is 12.4. The summed E-state index contributed by atoms with van der Waals surface area (Å²) in [4.78, 5) is 0. The Morgan fingerprint density at radius 1 is 0.882 bits per heavy atom. The Bertz CT molecular complexity index is 754. The van der Waals surface area contributed by atoms with E-state index in [1.807, 2.05) is 11.8 Å². The van der Waals surface area contributed by atoms with Crippen LogP contribution < -0.4 is 10.6 Å². The molecule has 0 amide bonds. The van der Waals surface area contributed by atoms with Gasteiger partial charge in [-0.1, -0.05) is 62.7 Å². The number of fused-ring (bicyclic) bond motifs is 1. The summed E-state index contributed by atoms with van der Waals surface area (Å²) >= 11 is 1.88. The highest BCUT2D eigenvalue weighted by Gasteiger charge is 2.47. The lowest BCUT2D eigenvalue weighted by atomic mass is 9.74. The van der Waals surface area contributed by atoms with Crippen molar-refractivity contribution >= 4 is 11.8 Å². The van der Waals surface area contributed by atoms with Gasteiger partial charge in [0.15, 0.2) is 0 Å². The molecular formula is C28H41F3N2S. The van der Waals surface area contributed by atoms with E-state index in [9.17, 15) is 13.2 Å². The molecule has 2 saturated carbocycles. The minimum Gasteiger partial charge on any atom is -0.313 e. The van der Waals surface area contributed by atoms with Crippen molar-refractivity contribution in [3.8, 4) is 23.7 Å². The molecule has 8 unspecified atom stereocenters. The van der Waals surface area contributed by atoms with E-state index >= 15 is 0 Å². The van der Waals surface area contributed by atoms with Crippen molar-refractivity contribution in [3.05, 3.63) is 0 Å². The lowest BCUT2D eigenvalue weighted by Gasteiger charge is -2.33. The molecule has 2 saturated heterocycles. The fourth-order valence-electron chi connectivity index (χ4n) is 6.11. The van der Waals surface area contributed by atoms with Crippen LogP contribution in [0.1, 0.15) is 90.4 Å². The summed E-state index contributed by atoms with van der Waals surface area (Å²) in [6.07, 6.45) is 9.15. The molecule has 190 valence electrons. The van der Waals surface area contributed by atoms with Crippen LogP contribution in [0.15, 0.2) is 0 Å². The maximum absolute atomic E-state index is 13.9. The first-order chi connectivity index (χ1) is 16.4. The largest absolute Gasteiger partial charge is 0.393 e. The van der Waals surface area contributed by atoms with E-state index < -0.39 is 18.0 Å². The number of halogens is 3. The van der Waals surface area contributed by atoms with Gasteiger partial charge in [0.25, 0.3) is 0 Å². The van der Waals surface area contributed by atoms with Crippen molar-refractivity contribution in [2.75, 3.05) is 6.54 Å². The van der Waals surface area contributed by atoms with Crippen LogP contribution in [0, 0.1) is 47.4 Å². The molecule has 0 spiro atoms. The first-order valence-corrected chi connectivity index (χ1v) is 14.6. The van der Waals surface area contributed by atoms with Crippen molar-refractivity contribution in [2.24, 2.45) is 23.7 Å². The number of unbranched alkanes of at least 4 members (excludes halogenated alkanes) is 2. The van der Waals surface area contributed by atoms with Crippen LogP contribution in [0.3, 0.4) is 0 Å². The summed E-state index contributed by atoms with van der Waals surface area (Å²) < 4.78 is 41.8. The zero-order valence-corrected chi connectivity index (χ0v) is 21.4. The molecule has 0 bridgehead atoms. The lowest BCUT2D eigenvalue weighted by molar-refractivity contribution is -0.192. The van der Waals surface area contributed by atoms with E-state index in [2.05, 4.69) is 41.2 Å². The molecule has 8 atom stereocenters. The predicted octanol–water partition coefficient (Wildman–Crippen LogP) is 6.51. The van der Waals surface area contributed by atoms with Crippen LogP contribution in [-0.2, 0) is 0 Å². The summed E-state index contributed by atoms with van der Waals surface area (Å²) in [7, 11) is 0. The lowest BCUT2D eigenvalue weighted by Crippen LogP contribution is -2.38. The third-order valence-corrected chi connectivity index (χ3v) is 9.65. The highest BCUT2D eigenvalue weighted by Crippen LogP contribution is 2.43. The van der Waals surface area contributed by atoms with Crippen molar-refractivity contribution in [2.45, 2.75) is 119 Å². The third kappa shape index (κ3) is 7.35. The fourth-order valence-corrected chi connectivity index (χ4v) is 7.56. The molecule has 2 heterocycles. The average Bonchev–Trinajstić information content (AvgIpc) is 3.25. The Morgan fingerprint density at radius 3 is 2.41 bits per heavy atom. The Kier molecular flexibility index (Phi) is 9.59. The summed E-state index contributed by atoms with van der Waals surface area (Å²) in [5.41, 5.74) is 0. The number of thioether (sulfide) groups is 1. The van der Waals surface area contributed by atoms with E-state index in [4.69, 9.17) is 0 Å². The molecule has 0 aromatic carbocycles. The van der Waals surface area contributed by atoms with Crippen molar-refractivity contribution < 1.29 is 13.2 Å². The van der Waals surface area contributed by atoms with E-state index in [0.29, 0.717) is 23.8 Å². The molecule has 34 heavy (non-hydrogen) atoms. The van der Waals surface area contributed by atoms with Crippen molar-refractivity contribution in [3.63, 3.8) is 0 Å². The molecule has 4 fully saturated rings. The predicted molar refractivity (Wildman–Crippen MR) is 135 cm³/mol. The van der Waals surface area contributed by atoms with Gasteiger partial charge in [-0.15, -0.1) is 11.8 Å². The zero-order chi connectivity index (χ0) is 24.0. The van der Waals surface area contributed by atoms with Crippen LogP contribution >= 0.6 is 11.8 Å². The van der Waals surface area contributed by atoms with Gasteiger partial charge in [0, 0.05) is 41.6 Å². The minimum atomic E-state index is -4.20. The quantitative estimate of drug-likeness (QED) is 0.344. The molecule has 2 aliphatic carbocycles. The highest BCUT2D eigenvalue weighted by molar-refractivity contribution is 8.01. The molecule has 2 aliphatic heterocycles. The van der Waals surface area contributed by atoms with Crippen LogP contribution in [0.5, 0.6) is 0 Å². The minimum absolute atomic E-state index is 0.0829. The van der Waals surface area contributed by atoms with E-state index in [-0.39, 0.29) is 23.6 Å². The van der Waals surface area contributed by atoms with Crippen molar-refractivity contribution in [1.29, 1.82) is 0 Å². The summed E-state index contributed by atoms with van der Waals surface area (Å²) in [5.74, 6) is 10.9. The highest BCUT2D eigenvalue weighted by atomic mass is 32.2. The first-order valence-electron chi connectivity index (χ1n) is 13.7. The Balaban J connectivity index is 1.28. The normalized spacial score (nSPS) is 38.2. The number of alkyl halides is 3. The van der Waals surface area contributed by atoms with Gasteiger partial charge in [0.1, 0.15) is 5.37 Å². The van der Waals surface area contributed by atoms with Gasteiger partial charge in [0.2, 0.25) is 0 Å². The second-order valence-corrected chi connectivity index (χ2v) is 12.2. The fraction of sp³-hybridized carbons (Fsp3) is 0.857. The molecule has 4 aliphatic rings. The monoisotopic (exact) mass is 494 g/mol. The Hall–Kier alpha value is -0.820. The van der Waals surface area contributed by atoms with Gasteiger partial charge in [-0.3, -0.25) is 5.32 Å². The summed E-state index contributed by atoms with van der Waals surface area (Å²) in [6.45, 7) is 3.03. The Morgan fingerprint density at radius 2 is 1.68 bits per heavy atom. The van der Waals surface area contributed by atoms with Gasteiger partial charge in [-0.25, -0.2) is 0 Å². The Labute approximate surface area is 208 Å². The standard InChI is InChI=1S/C28H41F3N2S/c1-2-3-4-7-23-16-12-21(19-32-23)11-15-22-14-10-20(18-24(22)28(29,30)31)13-17-27-33-25-8-5-6-9-26(25)34-27/h20-27,32-33H,2-10,12,14,16,18-19H2,1H3. The van der Waals surface area contributed by atoms with E-state index in [1.54, 1.807) is 0 Å². The molecule has 0 radical (unpaired) electrons. The topological polar surface area (TPSA) is 24.1 Å². The van der Waals surface area contributed by atoms with Gasteiger partial charge in [-0.2, -0.15) is 13.2 Å². The number of hydrogen-bond acceptors (Lipinski definition) is 3. The number of rotatable bonds is 4. The van der Waals surface area contributed by atoms with E-state index in [1.165, 1.54) is 51.4 Å². The van der Waals surface area contributed by atoms with E-state index in [0.717, 1.165) is 25.8 Å². The average molecular weight is 495 g/mol. The molecule has 6 heteroatoms. The van der Waals surface area contributed by atoms with Crippen molar-refractivity contribution in [1.82, 2.24) is 10.6 Å². The molecule has 2 nitrogen and oxygen atoms in total. The van der Waals surface area contributed by atoms with Crippen LogP contribution in [0.2, 0.25) is 0 Å². The van der Waals surface area contributed by atoms with Gasteiger partial charge in [0.05, 0.1) is 5.92 Å². The number of piperidine rings is 1.